The van der Waals surface area contributed by atoms with Gasteiger partial charge in [0.1, 0.15) is 10.7 Å². The van der Waals surface area contributed by atoms with Crippen molar-refractivity contribution in [2.45, 2.75) is 39.7 Å². The Morgan fingerprint density at radius 2 is 2.10 bits per heavy atom. The number of nitro groups is 1. The predicted molar refractivity (Wildman–Crippen MR) is 81.8 cm³/mol. The summed E-state index contributed by atoms with van der Waals surface area (Å²) in [6, 6.07) is 4.13. The molecule has 6 nitrogen and oxygen atoms in total. The van der Waals surface area contributed by atoms with Gasteiger partial charge in [-0.2, -0.15) is 0 Å². The summed E-state index contributed by atoms with van der Waals surface area (Å²) in [6.45, 7) is 5.95. The second kappa shape index (κ2) is 6.76. The van der Waals surface area contributed by atoms with Crippen LogP contribution in [0.3, 0.4) is 0 Å². The van der Waals surface area contributed by atoms with Crippen molar-refractivity contribution in [2.24, 2.45) is 5.41 Å². The lowest BCUT2D eigenvalue weighted by molar-refractivity contribution is -0.383. The molecule has 0 aliphatic heterocycles. The molecule has 0 amide bonds. The van der Waals surface area contributed by atoms with Crippen molar-refractivity contribution in [1.82, 2.24) is 0 Å². The number of rotatable bonds is 6. The van der Waals surface area contributed by atoms with E-state index >= 15 is 0 Å². The summed E-state index contributed by atoms with van der Waals surface area (Å²) in [6.07, 6.45) is 0.434. The van der Waals surface area contributed by atoms with Gasteiger partial charge in [-0.1, -0.05) is 38.4 Å². The predicted octanol–water partition coefficient (Wildman–Crippen LogP) is 3.94. The zero-order chi connectivity index (χ0) is 16.2. The molecule has 116 valence electrons. The molecule has 1 aromatic carbocycles. The molecule has 0 saturated heterocycles. The van der Waals surface area contributed by atoms with Gasteiger partial charge >= 0.3 is 11.7 Å². The van der Waals surface area contributed by atoms with Gasteiger partial charge in [-0.25, -0.2) is 0 Å². The highest BCUT2D eigenvalue weighted by atomic mass is 35.5. The van der Waals surface area contributed by atoms with E-state index in [0.717, 1.165) is 0 Å². The lowest BCUT2D eigenvalue weighted by Gasteiger charge is -2.26. The van der Waals surface area contributed by atoms with Crippen LogP contribution >= 0.6 is 11.6 Å². The van der Waals surface area contributed by atoms with Crippen LogP contribution in [0.4, 0.5) is 11.4 Å². The van der Waals surface area contributed by atoms with Crippen LogP contribution in [0.1, 0.15) is 33.6 Å². The van der Waals surface area contributed by atoms with E-state index in [-0.39, 0.29) is 28.2 Å². The minimum atomic E-state index is -0.957. The normalized spacial score (nSPS) is 12.8. The number of carboxylic acids is 1. The van der Waals surface area contributed by atoms with Gasteiger partial charge in [0.2, 0.25) is 0 Å². The summed E-state index contributed by atoms with van der Waals surface area (Å²) < 4.78 is 0. The monoisotopic (exact) mass is 314 g/mol. The molecule has 1 rings (SSSR count). The van der Waals surface area contributed by atoms with Crippen molar-refractivity contribution < 1.29 is 14.8 Å². The summed E-state index contributed by atoms with van der Waals surface area (Å²) >= 11 is 5.85. The molecule has 0 aromatic heterocycles. The fourth-order valence-corrected chi connectivity index (χ4v) is 2.41. The number of halogens is 1. The Labute approximate surface area is 128 Å². The average molecular weight is 315 g/mol. The molecule has 0 aliphatic rings. The van der Waals surface area contributed by atoms with E-state index in [9.17, 15) is 14.9 Å². The molecule has 0 aliphatic carbocycles. The molecule has 0 heterocycles. The van der Waals surface area contributed by atoms with Crippen LogP contribution in [0, 0.1) is 15.5 Å². The fourth-order valence-electron chi connectivity index (χ4n) is 2.16. The molecular weight excluding hydrogens is 296 g/mol. The van der Waals surface area contributed by atoms with Crippen molar-refractivity contribution in [2.75, 3.05) is 5.32 Å². The van der Waals surface area contributed by atoms with Gasteiger partial charge in [0, 0.05) is 6.04 Å². The number of nitro benzene ring substituents is 1. The standard InChI is InChI=1S/C14H19ClN2O4/c1-14(2,3)8-9(7-12(18)19)16-11-6-4-5-10(15)13(11)17(20)21/h4-6,9,16H,7-8H2,1-3H3,(H,18,19). The van der Waals surface area contributed by atoms with Gasteiger partial charge in [0.15, 0.2) is 0 Å². The highest BCUT2D eigenvalue weighted by Crippen LogP contribution is 2.34. The summed E-state index contributed by atoms with van der Waals surface area (Å²) in [7, 11) is 0. The van der Waals surface area contributed by atoms with E-state index in [1.165, 1.54) is 12.1 Å². The van der Waals surface area contributed by atoms with E-state index in [4.69, 9.17) is 16.7 Å². The third kappa shape index (κ3) is 5.59. The van der Waals surface area contributed by atoms with Crippen LogP contribution in [0.2, 0.25) is 5.02 Å². The summed E-state index contributed by atoms with van der Waals surface area (Å²) in [4.78, 5) is 21.5. The topological polar surface area (TPSA) is 92.5 Å². The fraction of sp³-hybridized carbons (Fsp3) is 0.500. The van der Waals surface area contributed by atoms with E-state index in [1.54, 1.807) is 6.07 Å². The van der Waals surface area contributed by atoms with E-state index in [1.807, 2.05) is 20.8 Å². The van der Waals surface area contributed by atoms with E-state index in [0.29, 0.717) is 6.42 Å². The molecule has 1 aromatic rings. The first-order valence-corrected chi connectivity index (χ1v) is 6.89. The molecule has 0 fully saturated rings. The van der Waals surface area contributed by atoms with Crippen molar-refractivity contribution in [3.05, 3.63) is 33.3 Å². The number of nitrogens with one attached hydrogen (secondary N) is 1. The second-order valence-corrected chi connectivity index (χ2v) is 6.50. The zero-order valence-electron chi connectivity index (χ0n) is 12.2. The quantitative estimate of drug-likeness (QED) is 0.613. The third-order valence-electron chi connectivity index (χ3n) is 2.81. The van der Waals surface area contributed by atoms with E-state index < -0.39 is 16.9 Å². The van der Waals surface area contributed by atoms with Gasteiger partial charge in [0.05, 0.1) is 11.3 Å². The van der Waals surface area contributed by atoms with Crippen LogP contribution in [-0.2, 0) is 4.79 Å². The van der Waals surface area contributed by atoms with Crippen molar-refractivity contribution in [1.29, 1.82) is 0 Å². The number of carboxylic acid groups (broad SMARTS) is 1. The van der Waals surface area contributed by atoms with Gasteiger partial charge in [0.25, 0.3) is 0 Å². The average Bonchev–Trinajstić information content (AvgIpc) is 2.24. The molecule has 2 N–H and O–H groups in total. The van der Waals surface area contributed by atoms with Crippen LogP contribution in [0.25, 0.3) is 0 Å². The molecule has 0 radical (unpaired) electrons. The molecule has 1 atom stereocenters. The zero-order valence-corrected chi connectivity index (χ0v) is 13.0. The summed E-state index contributed by atoms with van der Waals surface area (Å²) in [5.74, 6) is -0.957. The van der Waals surface area contributed by atoms with Gasteiger partial charge in [-0.15, -0.1) is 0 Å². The Bertz CT molecular complexity index is 540. The van der Waals surface area contributed by atoms with Crippen LogP contribution in [-0.4, -0.2) is 22.0 Å². The number of carbonyl (C=O) groups is 1. The maximum Gasteiger partial charge on any atom is 0.310 e. The van der Waals surface area contributed by atoms with Gasteiger partial charge in [-0.3, -0.25) is 14.9 Å². The minimum Gasteiger partial charge on any atom is -0.481 e. The Morgan fingerprint density at radius 1 is 1.48 bits per heavy atom. The summed E-state index contributed by atoms with van der Waals surface area (Å²) in [5, 5.41) is 23.1. The first-order valence-electron chi connectivity index (χ1n) is 6.51. The van der Waals surface area contributed by atoms with Crippen LogP contribution in [0.5, 0.6) is 0 Å². The number of aliphatic carboxylic acids is 1. The van der Waals surface area contributed by atoms with Crippen LogP contribution < -0.4 is 5.32 Å². The lowest BCUT2D eigenvalue weighted by atomic mass is 9.87. The Morgan fingerprint density at radius 3 is 2.57 bits per heavy atom. The first kappa shape index (κ1) is 17.2. The molecule has 0 saturated carbocycles. The number of hydrogen-bond acceptors (Lipinski definition) is 4. The van der Waals surface area contributed by atoms with Gasteiger partial charge in [-0.05, 0) is 24.0 Å². The number of hydrogen-bond donors (Lipinski definition) is 2. The largest absolute Gasteiger partial charge is 0.481 e. The van der Waals surface area contributed by atoms with E-state index in [2.05, 4.69) is 5.32 Å². The summed E-state index contributed by atoms with van der Waals surface area (Å²) in [5.41, 5.74) is -0.105. The second-order valence-electron chi connectivity index (χ2n) is 6.10. The Hall–Kier alpha value is -1.82. The molecule has 7 heteroatoms. The molecule has 21 heavy (non-hydrogen) atoms. The van der Waals surface area contributed by atoms with Crippen molar-refractivity contribution in [3.8, 4) is 0 Å². The third-order valence-corrected chi connectivity index (χ3v) is 3.11. The number of anilines is 1. The minimum absolute atomic E-state index is 0.0230. The SMILES string of the molecule is CC(C)(C)CC(CC(=O)O)Nc1cccc(Cl)c1[N+](=O)[O-]. The number of para-hydroxylation sites is 1. The first-order chi connectivity index (χ1) is 9.60. The maximum absolute atomic E-state index is 11.1. The highest BCUT2D eigenvalue weighted by molar-refractivity contribution is 6.33. The molecule has 0 bridgehead atoms. The highest BCUT2D eigenvalue weighted by Gasteiger charge is 2.25. The number of benzene rings is 1. The molecule has 0 spiro atoms. The number of nitrogens with zero attached hydrogens (tertiary/aromatic N) is 1. The molecular formula is C14H19ClN2O4. The molecule has 1 unspecified atom stereocenters. The Balaban J connectivity index is 3.06. The maximum atomic E-state index is 11.1. The van der Waals surface area contributed by atoms with Crippen molar-refractivity contribution >= 4 is 28.9 Å². The van der Waals surface area contributed by atoms with Crippen molar-refractivity contribution in [3.63, 3.8) is 0 Å². The lowest BCUT2D eigenvalue weighted by Crippen LogP contribution is -2.28. The van der Waals surface area contributed by atoms with Gasteiger partial charge < -0.3 is 10.4 Å². The smallest absolute Gasteiger partial charge is 0.310 e. The Kier molecular flexibility index (Phi) is 5.54. The van der Waals surface area contributed by atoms with Crippen LogP contribution in [0.15, 0.2) is 18.2 Å².